The summed E-state index contributed by atoms with van der Waals surface area (Å²) in [7, 11) is -4.25. The molecule has 196 valence electrons. The van der Waals surface area contributed by atoms with Gasteiger partial charge in [0, 0.05) is 18.7 Å². The Labute approximate surface area is 215 Å². The number of nitrogens with zero attached hydrogens (tertiary/aromatic N) is 2. The maximum atomic E-state index is 14.5. The summed E-state index contributed by atoms with van der Waals surface area (Å²) in [5, 5.41) is 2.72. The molecule has 3 aromatic rings. The van der Waals surface area contributed by atoms with Crippen molar-refractivity contribution in [3.63, 3.8) is 0 Å². The first-order chi connectivity index (χ1) is 17.6. The van der Waals surface area contributed by atoms with Crippen molar-refractivity contribution in [2.45, 2.75) is 37.8 Å². The van der Waals surface area contributed by atoms with E-state index in [-0.39, 0.29) is 22.7 Å². The molecule has 0 unspecified atom stereocenters. The smallest absolute Gasteiger partial charge is 0.264 e. The molecule has 3 aromatic carbocycles. The van der Waals surface area contributed by atoms with Crippen LogP contribution in [0.1, 0.15) is 25.8 Å². The van der Waals surface area contributed by atoms with E-state index in [1.54, 1.807) is 24.3 Å². The predicted molar refractivity (Wildman–Crippen MR) is 137 cm³/mol. The summed E-state index contributed by atoms with van der Waals surface area (Å²) in [6.45, 7) is 2.81. The molecule has 0 aliphatic rings. The number of carbonyl (C=O) groups is 2. The van der Waals surface area contributed by atoms with Gasteiger partial charge in [0.2, 0.25) is 11.8 Å². The molecule has 3 rings (SSSR count). The zero-order chi connectivity index (χ0) is 27.0. The molecule has 0 saturated carbocycles. The zero-order valence-corrected chi connectivity index (χ0v) is 21.4. The molecule has 2 amide bonds. The van der Waals surface area contributed by atoms with E-state index in [4.69, 9.17) is 0 Å². The van der Waals surface area contributed by atoms with Crippen molar-refractivity contribution in [2.24, 2.45) is 0 Å². The van der Waals surface area contributed by atoms with E-state index in [1.807, 2.05) is 6.92 Å². The third-order valence-corrected chi connectivity index (χ3v) is 7.53. The number of anilines is 1. The molecule has 1 atom stereocenters. The lowest BCUT2D eigenvalue weighted by Gasteiger charge is -2.32. The van der Waals surface area contributed by atoms with Crippen molar-refractivity contribution >= 4 is 27.5 Å². The number of sulfonamides is 1. The number of rotatable bonds is 11. The van der Waals surface area contributed by atoms with Gasteiger partial charge in [0.25, 0.3) is 10.0 Å². The molecule has 0 radical (unpaired) electrons. The van der Waals surface area contributed by atoms with Crippen LogP contribution in [0.4, 0.5) is 14.5 Å². The number of benzene rings is 3. The Hall–Kier alpha value is -3.79. The fourth-order valence-corrected chi connectivity index (χ4v) is 5.08. The van der Waals surface area contributed by atoms with Crippen molar-refractivity contribution in [1.29, 1.82) is 0 Å². The Kier molecular flexibility index (Phi) is 9.35. The molecule has 0 saturated heterocycles. The molecule has 0 aromatic heterocycles. The van der Waals surface area contributed by atoms with Crippen molar-refractivity contribution in [1.82, 2.24) is 10.2 Å². The molecule has 0 bridgehead atoms. The SMILES string of the molecule is CCCNC(=O)[C@@H](C)N(Cc1ccccc1F)C(=O)CN(c1ccc(F)cc1)S(=O)(=O)c1ccccc1. The average molecular weight is 530 g/mol. The van der Waals surface area contributed by atoms with Crippen LogP contribution >= 0.6 is 0 Å². The molecule has 0 fully saturated rings. The van der Waals surface area contributed by atoms with Gasteiger partial charge in [0.05, 0.1) is 10.6 Å². The summed E-state index contributed by atoms with van der Waals surface area (Å²) in [5.74, 6) is -2.32. The summed E-state index contributed by atoms with van der Waals surface area (Å²) in [5.41, 5.74) is 0.234. The Morgan fingerprint density at radius 1 is 0.919 bits per heavy atom. The van der Waals surface area contributed by atoms with E-state index >= 15 is 0 Å². The lowest BCUT2D eigenvalue weighted by Crippen LogP contribution is -2.51. The van der Waals surface area contributed by atoms with E-state index in [9.17, 15) is 26.8 Å². The Morgan fingerprint density at radius 2 is 1.54 bits per heavy atom. The minimum atomic E-state index is -4.25. The first kappa shape index (κ1) is 27.8. The van der Waals surface area contributed by atoms with Crippen molar-refractivity contribution in [3.05, 3.63) is 96.1 Å². The first-order valence-corrected chi connectivity index (χ1v) is 13.2. The highest BCUT2D eigenvalue weighted by atomic mass is 32.2. The second-order valence-electron chi connectivity index (χ2n) is 8.38. The summed E-state index contributed by atoms with van der Waals surface area (Å²) in [6.07, 6.45) is 0.674. The molecular weight excluding hydrogens is 500 g/mol. The van der Waals surface area contributed by atoms with Gasteiger partial charge in [-0.15, -0.1) is 0 Å². The molecule has 10 heteroatoms. The highest BCUT2D eigenvalue weighted by Gasteiger charge is 2.32. The molecule has 0 spiro atoms. The van der Waals surface area contributed by atoms with Gasteiger partial charge in [0.15, 0.2) is 0 Å². The standard InChI is InChI=1S/C27H29F2N3O4S/c1-3-17-30-27(34)20(2)31(18-21-9-7-8-12-25(21)29)26(33)19-32(23-15-13-22(28)14-16-23)37(35,36)24-10-5-4-6-11-24/h4-16,20H,3,17-19H2,1-2H3,(H,30,34)/t20-/m1/s1. The molecular formula is C27H29F2N3O4S. The Bertz CT molecular complexity index is 1320. The van der Waals surface area contributed by atoms with E-state index in [2.05, 4.69) is 5.32 Å². The summed E-state index contributed by atoms with van der Waals surface area (Å²) in [6, 6.07) is 17.0. The molecule has 0 heterocycles. The minimum absolute atomic E-state index is 0.0625. The van der Waals surface area contributed by atoms with Crippen LogP contribution in [-0.2, 0) is 26.2 Å². The number of hydrogen-bond donors (Lipinski definition) is 1. The Balaban J connectivity index is 2.01. The van der Waals surface area contributed by atoms with Crippen molar-refractivity contribution < 1.29 is 26.8 Å². The lowest BCUT2D eigenvalue weighted by atomic mass is 10.1. The van der Waals surface area contributed by atoms with Gasteiger partial charge < -0.3 is 10.2 Å². The molecule has 37 heavy (non-hydrogen) atoms. The van der Waals surface area contributed by atoms with Gasteiger partial charge in [-0.25, -0.2) is 17.2 Å². The van der Waals surface area contributed by atoms with Crippen LogP contribution in [0.25, 0.3) is 0 Å². The zero-order valence-electron chi connectivity index (χ0n) is 20.6. The fourth-order valence-electron chi connectivity index (χ4n) is 3.64. The Morgan fingerprint density at radius 3 is 2.16 bits per heavy atom. The van der Waals surface area contributed by atoms with Crippen molar-refractivity contribution in [3.8, 4) is 0 Å². The normalized spacial score (nSPS) is 12.0. The third-order valence-electron chi connectivity index (χ3n) is 5.74. The van der Waals surface area contributed by atoms with E-state index in [0.29, 0.717) is 13.0 Å². The van der Waals surface area contributed by atoms with Gasteiger partial charge in [-0.1, -0.05) is 43.3 Å². The lowest BCUT2D eigenvalue weighted by molar-refractivity contribution is -0.139. The molecule has 1 N–H and O–H groups in total. The van der Waals surface area contributed by atoms with Gasteiger partial charge >= 0.3 is 0 Å². The van der Waals surface area contributed by atoms with E-state index in [0.717, 1.165) is 21.3 Å². The monoisotopic (exact) mass is 529 g/mol. The second-order valence-corrected chi connectivity index (χ2v) is 10.2. The predicted octanol–water partition coefficient (Wildman–Crippen LogP) is 4.10. The third kappa shape index (κ3) is 6.91. The number of amides is 2. The van der Waals surface area contributed by atoms with Gasteiger partial charge in [0.1, 0.15) is 24.2 Å². The first-order valence-electron chi connectivity index (χ1n) is 11.8. The molecule has 7 nitrogen and oxygen atoms in total. The topological polar surface area (TPSA) is 86.8 Å². The largest absolute Gasteiger partial charge is 0.354 e. The minimum Gasteiger partial charge on any atom is -0.354 e. The summed E-state index contributed by atoms with van der Waals surface area (Å²) >= 11 is 0. The van der Waals surface area contributed by atoms with Crippen LogP contribution in [0.3, 0.4) is 0 Å². The fraction of sp³-hybridized carbons (Fsp3) is 0.259. The van der Waals surface area contributed by atoms with Crippen LogP contribution in [0.15, 0.2) is 83.8 Å². The second kappa shape index (κ2) is 12.4. The number of nitrogens with one attached hydrogen (secondary N) is 1. The molecule has 0 aliphatic carbocycles. The highest BCUT2D eigenvalue weighted by Crippen LogP contribution is 2.25. The number of hydrogen-bond acceptors (Lipinski definition) is 4. The average Bonchev–Trinajstić information content (AvgIpc) is 2.90. The summed E-state index contributed by atoms with van der Waals surface area (Å²) < 4.78 is 56.1. The van der Waals surface area contributed by atoms with Crippen LogP contribution in [-0.4, -0.2) is 44.3 Å². The van der Waals surface area contributed by atoms with E-state index in [1.165, 1.54) is 49.4 Å². The van der Waals surface area contributed by atoms with E-state index < -0.39 is 46.1 Å². The van der Waals surface area contributed by atoms with Crippen LogP contribution in [0.5, 0.6) is 0 Å². The quantitative estimate of drug-likeness (QED) is 0.405. The van der Waals surface area contributed by atoms with Crippen LogP contribution in [0, 0.1) is 11.6 Å². The number of carbonyl (C=O) groups excluding carboxylic acids is 2. The van der Waals surface area contributed by atoms with Gasteiger partial charge in [-0.05, 0) is 55.8 Å². The van der Waals surface area contributed by atoms with Crippen LogP contribution < -0.4 is 9.62 Å². The summed E-state index contributed by atoms with van der Waals surface area (Å²) in [4.78, 5) is 27.5. The maximum Gasteiger partial charge on any atom is 0.264 e. The van der Waals surface area contributed by atoms with Gasteiger partial charge in [-0.3, -0.25) is 13.9 Å². The number of halogens is 2. The van der Waals surface area contributed by atoms with Crippen molar-refractivity contribution in [2.75, 3.05) is 17.4 Å². The highest BCUT2D eigenvalue weighted by molar-refractivity contribution is 7.92. The molecule has 0 aliphatic heterocycles. The van der Waals surface area contributed by atoms with Gasteiger partial charge in [-0.2, -0.15) is 0 Å². The van der Waals surface area contributed by atoms with Crippen LogP contribution in [0.2, 0.25) is 0 Å². The maximum absolute atomic E-state index is 14.5.